The van der Waals surface area contributed by atoms with Crippen LogP contribution in [0.3, 0.4) is 0 Å². The average Bonchev–Trinajstić information content (AvgIpc) is 2.21. The highest BCUT2D eigenvalue weighted by Crippen LogP contribution is 1.89. The van der Waals surface area contributed by atoms with Crippen LogP contribution < -0.4 is 0 Å². The maximum atomic E-state index is 10.6. The summed E-state index contributed by atoms with van der Waals surface area (Å²) < 4.78 is 9.65. The summed E-state index contributed by atoms with van der Waals surface area (Å²) in [4.78, 5) is 10.6. The van der Waals surface area contributed by atoms with Crippen molar-refractivity contribution in [2.24, 2.45) is 0 Å². The number of rotatable bonds is 7. The summed E-state index contributed by atoms with van der Waals surface area (Å²) in [5.74, 6) is -0.544. The fourth-order valence-electron chi connectivity index (χ4n) is 0.654. The third-order valence-corrected chi connectivity index (χ3v) is 1.34. The van der Waals surface area contributed by atoms with Crippen LogP contribution in [0.2, 0.25) is 0 Å². The fraction of sp³-hybridized carbons (Fsp3) is 0.500. The fourth-order valence-corrected chi connectivity index (χ4v) is 0.654. The molecule has 0 bridgehead atoms. The number of hydrogen-bond acceptors (Lipinski definition) is 4. The lowest BCUT2D eigenvalue weighted by atomic mass is 10.4. The van der Waals surface area contributed by atoms with Crippen molar-refractivity contribution in [2.75, 3.05) is 19.8 Å². The van der Waals surface area contributed by atoms with Crippen molar-refractivity contribution >= 4 is 5.97 Å². The lowest BCUT2D eigenvalue weighted by molar-refractivity contribution is -0.141. The maximum Gasteiger partial charge on any atom is 0.330 e. The van der Waals surface area contributed by atoms with Gasteiger partial charge >= 0.3 is 5.97 Å². The van der Waals surface area contributed by atoms with Gasteiger partial charge in [-0.2, -0.15) is 0 Å². The summed E-state index contributed by atoms with van der Waals surface area (Å²) in [6.07, 6.45) is 3.93. The van der Waals surface area contributed by atoms with Crippen molar-refractivity contribution in [1.29, 1.82) is 0 Å². The molecule has 1 unspecified atom stereocenters. The zero-order chi connectivity index (χ0) is 10.8. The molecule has 1 atom stereocenters. The van der Waals surface area contributed by atoms with Crippen LogP contribution in [0, 0.1) is 0 Å². The second kappa shape index (κ2) is 8.47. The molecule has 0 aliphatic rings. The maximum absolute atomic E-state index is 10.6. The lowest BCUT2D eigenvalue weighted by Crippen LogP contribution is -2.23. The zero-order valence-electron chi connectivity index (χ0n) is 8.31. The molecule has 0 aromatic heterocycles. The number of carbonyl (C=O) groups is 1. The predicted octanol–water partition coefficient (Wildman–Crippen LogP) is 0.669. The Morgan fingerprint density at radius 1 is 1.57 bits per heavy atom. The van der Waals surface area contributed by atoms with Gasteiger partial charge in [-0.05, 0) is 6.92 Å². The van der Waals surface area contributed by atoms with Crippen LogP contribution in [0.15, 0.2) is 24.8 Å². The molecule has 0 saturated heterocycles. The molecule has 1 N–H and O–H groups in total. The van der Waals surface area contributed by atoms with E-state index in [4.69, 9.17) is 4.74 Å². The number of esters is 1. The molecule has 0 rings (SSSR count). The molecule has 0 fully saturated rings. The van der Waals surface area contributed by atoms with Crippen LogP contribution in [0.5, 0.6) is 0 Å². The smallest absolute Gasteiger partial charge is 0.330 e. The van der Waals surface area contributed by atoms with Crippen molar-refractivity contribution in [2.45, 2.75) is 13.0 Å². The highest BCUT2D eigenvalue weighted by atomic mass is 16.5. The first-order valence-corrected chi connectivity index (χ1v) is 4.36. The van der Waals surface area contributed by atoms with Crippen LogP contribution in [-0.2, 0) is 14.3 Å². The van der Waals surface area contributed by atoms with E-state index in [9.17, 15) is 9.90 Å². The summed E-state index contributed by atoms with van der Waals surface area (Å²) in [7, 11) is 0. The lowest BCUT2D eigenvalue weighted by Gasteiger charge is -2.09. The summed E-state index contributed by atoms with van der Waals surface area (Å²) in [5.41, 5.74) is 0. The van der Waals surface area contributed by atoms with E-state index in [1.54, 1.807) is 0 Å². The highest BCUT2D eigenvalue weighted by Gasteiger charge is 2.05. The molecule has 0 spiro atoms. The van der Waals surface area contributed by atoms with Crippen LogP contribution in [0.4, 0.5) is 0 Å². The molecule has 0 aliphatic carbocycles. The molecule has 0 heterocycles. The third-order valence-electron chi connectivity index (χ3n) is 1.34. The van der Waals surface area contributed by atoms with Gasteiger partial charge in [-0.1, -0.05) is 18.7 Å². The van der Waals surface area contributed by atoms with E-state index in [0.717, 1.165) is 6.08 Å². The largest absolute Gasteiger partial charge is 0.460 e. The minimum Gasteiger partial charge on any atom is -0.460 e. The number of ether oxygens (including phenoxy) is 2. The molecule has 0 radical (unpaired) electrons. The summed E-state index contributed by atoms with van der Waals surface area (Å²) in [6.45, 7) is 5.64. The standard InChI is InChI=1S/C10H16O4/c1-3-5-6-13-7-9(11)8-14-10(12)4-2/h3-5,9,11H,2,6-8H2,1H3/b5-3+. The second-order valence-corrected chi connectivity index (χ2v) is 2.59. The first kappa shape index (κ1) is 12.9. The van der Waals surface area contributed by atoms with E-state index in [1.807, 2.05) is 19.1 Å². The van der Waals surface area contributed by atoms with E-state index in [1.165, 1.54) is 0 Å². The highest BCUT2D eigenvalue weighted by molar-refractivity contribution is 5.81. The van der Waals surface area contributed by atoms with E-state index in [2.05, 4.69) is 11.3 Å². The molecule has 0 aromatic rings. The topological polar surface area (TPSA) is 55.8 Å². The van der Waals surface area contributed by atoms with Gasteiger partial charge in [-0.3, -0.25) is 0 Å². The van der Waals surface area contributed by atoms with Crippen molar-refractivity contribution in [3.63, 3.8) is 0 Å². The molecule has 14 heavy (non-hydrogen) atoms. The van der Waals surface area contributed by atoms with Crippen molar-refractivity contribution in [3.8, 4) is 0 Å². The Labute approximate surface area is 83.8 Å². The number of allylic oxidation sites excluding steroid dienone is 1. The van der Waals surface area contributed by atoms with E-state index >= 15 is 0 Å². The minimum atomic E-state index is -0.788. The number of carbonyl (C=O) groups excluding carboxylic acids is 1. The SMILES string of the molecule is C=CC(=O)OCC(O)COC/C=C/C. The Bertz CT molecular complexity index is 198. The van der Waals surface area contributed by atoms with Crippen molar-refractivity contribution in [3.05, 3.63) is 24.8 Å². The Hall–Kier alpha value is -1.13. The molecule has 0 aromatic carbocycles. The van der Waals surface area contributed by atoms with Gasteiger partial charge in [0.1, 0.15) is 12.7 Å². The molecule has 0 aliphatic heterocycles. The first-order valence-electron chi connectivity index (χ1n) is 4.36. The normalized spacial score (nSPS) is 12.7. The van der Waals surface area contributed by atoms with Crippen LogP contribution >= 0.6 is 0 Å². The third kappa shape index (κ3) is 7.52. The quantitative estimate of drug-likeness (QED) is 0.284. The number of aliphatic hydroxyl groups excluding tert-OH is 1. The molecule has 0 amide bonds. The van der Waals surface area contributed by atoms with Gasteiger partial charge in [0, 0.05) is 6.08 Å². The summed E-state index contributed by atoms with van der Waals surface area (Å²) >= 11 is 0. The van der Waals surface area contributed by atoms with E-state index in [0.29, 0.717) is 6.61 Å². The Morgan fingerprint density at radius 3 is 2.86 bits per heavy atom. The molecular weight excluding hydrogens is 184 g/mol. The van der Waals surface area contributed by atoms with E-state index in [-0.39, 0.29) is 13.2 Å². The molecule has 0 saturated carbocycles. The van der Waals surface area contributed by atoms with Gasteiger partial charge in [0.2, 0.25) is 0 Å². The second-order valence-electron chi connectivity index (χ2n) is 2.59. The van der Waals surface area contributed by atoms with Gasteiger partial charge < -0.3 is 14.6 Å². The Morgan fingerprint density at radius 2 is 2.29 bits per heavy atom. The summed E-state index contributed by atoms with van der Waals surface area (Å²) in [6, 6.07) is 0. The Kier molecular flexibility index (Phi) is 7.78. The number of hydrogen-bond donors (Lipinski definition) is 1. The van der Waals surface area contributed by atoms with Crippen LogP contribution in [-0.4, -0.2) is 37.0 Å². The zero-order valence-corrected chi connectivity index (χ0v) is 8.31. The first-order chi connectivity index (χ1) is 6.70. The van der Waals surface area contributed by atoms with Gasteiger partial charge in [-0.15, -0.1) is 0 Å². The Balaban J connectivity index is 3.40. The molecule has 4 heteroatoms. The predicted molar refractivity (Wildman–Crippen MR) is 52.8 cm³/mol. The average molecular weight is 200 g/mol. The van der Waals surface area contributed by atoms with Crippen LogP contribution in [0.25, 0.3) is 0 Å². The van der Waals surface area contributed by atoms with Gasteiger partial charge in [0.15, 0.2) is 0 Å². The molecular formula is C10H16O4. The minimum absolute atomic E-state index is 0.0688. The molecule has 4 nitrogen and oxygen atoms in total. The van der Waals surface area contributed by atoms with Crippen molar-refractivity contribution < 1.29 is 19.4 Å². The van der Waals surface area contributed by atoms with Gasteiger partial charge in [0.25, 0.3) is 0 Å². The van der Waals surface area contributed by atoms with Crippen molar-refractivity contribution in [1.82, 2.24) is 0 Å². The monoisotopic (exact) mass is 200 g/mol. The van der Waals surface area contributed by atoms with Gasteiger partial charge in [-0.25, -0.2) is 4.79 Å². The van der Waals surface area contributed by atoms with Crippen LogP contribution in [0.1, 0.15) is 6.92 Å². The van der Waals surface area contributed by atoms with Gasteiger partial charge in [0.05, 0.1) is 13.2 Å². The number of aliphatic hydroxyl groups is 1. The summed E-state index contributed by atoms with van der Waals surface area (Å²) in [5, 5.41) is 9.23. The van der Waals surface area contributed by atoms with E-state index < -0.39 is 12.1 Å². The molecule has 80 valence electrons.